The van der Waals surface area contributed by atoms with Crippen molar-refractivity contribution in [3.63, 3.8) is 0 Å². The molecule has 0 aromatic heterocycles. The van der Waals surface area contributed by atoms with E-state index in [0.717, 1.165) is 39.1 Å². The van der Waals surface area contributed by atoms with Gasteiger partial charge in [-0.1, -0.05) is 61.4 Å². The molecular formula is C20H36N3OP. The topological polar surface area (TPSA) is 26.8 Å². The average Bonchev–Trinajstić information content (AvgIpc) is 3.10. The Morgan fingerprint density at radius 2 is 1.68 bits per heavy atom. The van der Waals surface area contributed by atoms with Gasteiger partial charge in [0.1, 0.15) is 0 Å². The summed E-state index contributed by atoms with van der Waals surface area (Å²) in [5.41, 5.74) is 2.97. The number of carbonyl (C=O) groups excluding carboxylic acids is 1. The number of hydrogen-bond donors (Lipinski definition) is 0. The Labute approximate surface area is 156 Å². The first kappa shape index (κ1) is 22.1. The van der Waals surface area contributed by atoms with E-state index >= 15 is 0 Å². The number of likely N-dealkylation sites (N-methyl/N-ethyl adjacent to an activating group) is 1. The molecule has 142 valence electrons. The highest BCUT2D eigenvalue weighted by atomic mass is 31.0. The van der Waals surface area contributed by atoms with Gasteiger partial charge in [-0.3, -0.25) is 9.46 Å². The molecule has 5 heteroatoms. The van der Waals surface area contributed by atoms with Crippen molar-refractivity contribution in [3.05, 3.63) is 35.4 Å². The summed E-state index contributed by atoms with van der Waals surface area (Å²) in [4.78, 5) is 16.3. The van der Waals surface area contributed by atoms with Crippen LogP contribution in [-0.4, -0.2) is 59.8 Å². The lowest BCUT2D eigenvalue weighted by Gasteiger charge is -2.34. The first-order chi connectivity index (χ1) is 12.1. The molecule has 1 saturated heterocycles. The van der Waals surface area contributed by atoms with Gasteiger partial charge in [-0.05, 0) is 31.0 Å². The quantitative estimate of drug-likeness (QED) is 0.765. The lowest BCUT2D eigenvalue weighted by atomic mass is 10.1. The van der Waals surface area contributed by atoms with Crippen molar-refractivity contribution < 1.29 is 4.79 Å². The van der Waals surface area contributed by atoms with Crippen molar-refractivity contribution >= 4 is 15.3 Å². The summed E-state index contributed by atoms with van der Waals surface area (Å²) in [5, 5.41) is 0. The minimum absolute atomic E-state index is 0.289. The number of hydrogen-bond acceptors (Lipinski definition) is 3. The molecule has 2 aliphatic rings. The van der Waals surface area contributed by atoms with E-state index in [1.165, 1.54) is 11.1 Å². The van der Waals surface area contributed by atoms with Gasteiger partial charge in [0, 0.05) is 32.1 Å². The zero-order valence-corrected chi connectivity index (χ0v) is 17.8. The molecule has 0 spiro atoms. The summed E-state index contributed by atoms with van der Waals surface area (Å²) in [5.74, 6) is 0.289. The lowest BCUT2D eigenvalue weighted by Crippen LogP contribution is -2.48. The molecule has 25 heavy (non-hydrogen) atoms. The summed E-state index contributed by atoms with van der Waals surface area (Å²) in [6.07, 6.45) is 2.91. The third-order valence-electron chi connectivity index (χ3n) is 4.69. The van der Waals surface area contributed by atoms with Crippen molar-refractivity contribution in [2.24, 2.45) is 0 Å². The highest BCUT2D eigenvalue weighted by Gasteiger charge is 2.26. The average molecular weight is 366 g/mol. The Bertz CT molecular complexity index is 498. The molecule has 1 unspecified atom stereocenters. The SMILES string of the molecule is CC.CC.CN(CCN1CN(P)CCC1=O)C1Cc2ccccc2C1. The Morgan fingerprint density at radius 1 is 1.12 bits per heavy atom. The van der Waals surface area contributed by atoms with Gasteiger partial charge in [-0.15, -0.1) is 0 Å². The van der Waals surface area contributed by atoms with Gasteiger partial charge >= 0.3 is 0 Å². The van der Waals surface area contributed by atoms with Crippen LogP contribution in [0, 0.1) is 0 Å². The Hall–Kier alpha value is -0.960. The number of rotatable bonds is 4. The largest absolute Gasteiger partial charge is 0.328 e. The van der Waals surface area contributed by atoms with Gasteiger partial charge in [-0.2, -0.15) is 0 Å². The van der Waals surface area contributed by atoms with E-state index in [4.69, 9.17) is 0 Å². The van der Waals surface area contributed by atoms with Crippen LogP contribution < -0.4 is 0 Å². The Morgan fingerprint density at radius 3 is 2.24 bits per heavy atom. The molecule has 0 bridgehead atoms. The molecular weight excluding hydrogens is 329 g/mol. The highest BCUT2D eigenvalue weighted by molar-refractivity contribution is 7.13. The van der Waals surface area contributed by atoms with Crippen LogP contribution in [0.5, 0.6) is 0 Å². The van der Waals surface area contributed by atoms with Crippen LogP contribution in [0.1, 0.15) is 45.2 Å². The number of benzene rings is 1. The Balaban J connectivity index is 0.000000730. The summed E-state index contributed by atoms with van der Waals surface area (Å²) < 4.78 is 2.13. The van der Waals surface area contributed by atoms with Crippen LogP contribution in [0.4, 0.5) is 0 Å². The number of carbonyl (C=O) groups is 1. The molecule has 3 rings (SSSR count). The van der Waals surface area contributed by atoms with Gasteiger partial charge in [0.15, 0.2) is 0 Å². The molecule has 1 atom stereocenters. The van der Waals surface area contributed by atoms with E-state index < -0.39 is 0 Å². The highest BCUT2D eigenvalue weighted by Crippen LogP contribution is 2.24. The van der Waals surface area contributed by atoms with Crippen LogP contribution in [0.15, 0.2) is 24.3 Å². The predicted octanol–water partition coefficient (Wildman–Crippen LogP) is 3.42. The summed E-state index contributed by atoms with van der Waals surface area (Å²) in [6, 6.07) is 9.31. The molecule has 0 saturated carbocycles. The maximum absolute atomic E-state index is 11.9. The zero-order valence-electron chi connectivity index (χ0n) is 16.7. The molecule has 1 fully saturated rings. The van der Waals surface area contributed by atoms with Crippen LogP contribution in [0.3, 0.4) is 0 Å². The van der Waals surface area contributed by atoms with Gasteiger partial charge in [0.25, 0.3) is 0 Å². The van der Waals surface area contributed by atoms with E-state index in [0.29, 0.717) is 12.5 Å². The van der Waals surface area contributed by atoms with Gasteiger partial charge < -0.3 is 9.80 Å². The molecule has 1 aliphatic heterocycles. The molecule has 1 aromatic carbocycles. The molecule has 1 amide bonds. The molecule has 0 N–H and O–H groups in total. The first-order valence-electron chi connectivity index (χ1n) is 9.68. The van der Waals surface area contributed by atoms with Gasteiger partial charge in [0.2, 0.25) is 5.91 Å². The van der Waals surface area contributed by atoms with Gasteiger partial charge in [0.05, 0.1) is 6.67 Å². The minimum atomic E-state index is 0.289. The maximum Gasteiger partial charge on any atom is 0.224 e. The molecule has 4 nitrogen and oxygen atoms in total. The van der Waals surface area contributed by atoms with Crippen molar-refractivity contribution in [2.45, 2.75) is 53.0 Å². The van der Waals surface area contributed by atoms with Gasteiger partial charge in [-0.25, -0.2) is 0 Å². The number of amides is 1. The van der Waals surface area contributed by atoms with E-state index in [1.807, 2.05) is 32.6 Å². The van der Waals surface area contributed by atoms with Crippen LogP contribution in [-0.2, 0) is 17.6 Å². The lowest BCUT2D eigenvalue weighted by molar-refractivity contribution is -0.135. The summed E-state index contributed by atoms with van der Waals surface area (Å²) in [7, 11) is 4.88. The molecule has 1 aromatic rings. The van der Waals surface area contributed by atoms with Crippen molar-refractivity contribution in [1.82, 2.24) is 14.5 Å². The van der Waals surface area contributed by atoms with Crippen LogP contribution in [0.25, 0.3) is 0 Å². The third-order valence-corrected chi connectivity index (χ3v) is 5.11. The second-order valence-electron chi connectivity index (χ2n) is 6.17. The summed E-state index contributed by atoms with van der Waals surface area (Å²) >= 11 is 0. The normalized spacial score (nSPS) is 17.6. The predicted molar refractivity (Wildman–Crippen MR) is 111 cm³/mol. The van der Waals surface area contributed by atoms with Crippen molar-refractivity contribution in [3.8, 4) is 0 Å². The smallest absolute Gasteiger partial charge is 0.224 e. The zero-order chi connectivity index (χ0) is 18.8. The third kappa shape index (κ3) is 6.36. The second-order valence-corrected chi connectivity index (χ2v) is 6.90. The van der Waals surface area contributed by atoms with E-state index in [-0.39, 0.29) is 5.91 Å². The first-order valence-corrected chi connectivity index (χ1v) is 10.2. The van der Waals surface area contributed by atoms with E-state index in [9.17, 15) is 4.79 Å². The summed E-state index contributed by atoms with van der Waals surface area (Å²) in [6.45, 7) is 11.4. The van der Waals surface area contributed by atoms with Crippen LogP contribution in [0.2, 0.25) is 0 Å². The van der Waals surface area contributed by atoms with E-state index in [1.54, 1.807) is 0 Å². The second kappa shape index (κ2) is 11.6. The fourth-order valence-electron chi connectivity index (χ4n) is 3.27. The monoisotopic (exact) mass is 365 g/mol. The minimum Gasteiger partial charge on any atom is -0.328 e. The number of fused-ring (bicyclic) bond motifs is 1. The van der Waals surface area contributed by atoms with E-state index in [2.05, 4.69) is 50.3 Å². The van der Waals surface area contributed by atoms with Crippen molar-refractivity contribution in [2.75, 3.05) is 33.4 Å². The fraction of sp³-hybridized carbons (Fsp3) is 0.650. The maximum atomic E-state index is 11.9. The van der Waals surface area contributed by atoms with Crippen molar-refractivity contribution in [1.29, 1.82) is 0 Å². The molecule has 0 radical (unpaired) electrons. The Kier molecular flexibility index (Phi) is 10.3. The number of nitrogens with zero attached hydrogens (tertiary/aromatic N) is 3. The fourth-order valence-corrected chi connectivity index (χ4v) is 3.60. The van der Waals surface area contributed by atoms with Crippen LogP contribution >= 0.6 is 9.39 Å². The standard InChI is InChI=1S/C16H24N3OP.2C2H6/c1-17(8-9-18-12-19(21)7-6-16(18)20)15-10-13-4-2-3-5-14(13)11-15;2*1-2/h2-5,15H,6-12,21H2,1H3;2*1-2H3. The molecule has 1 aliphatic carbocycles. The molecule has 1 heterocycles.